The van der Waals surface area contributed by atoms with Gasteiger partial charge in [-0.25, -0.2) is 0 Å². The second-order valence-corrected chi connectivity index (χ2v) is 5.00. The van der Waals surface area contributed by atoms with Gasteiger partial charge < -0.3 is 10.4 Å². The Balaban J connectivity index is 2.58. The summed E-state index contributed by atoms with van der Waals surface area (Å²) in [4.78, 5) is 0. The van der Waals surface area contributed by atoms with Crippen molar-refractivity contribution in [2.75, 3.05) is 0 Å². The maximum atomic E-state index is 12.0. The van der Waals surface area contributed by atoms with Gasteiger partial charge in [-0.1, -0.05) is 6.92 Å². The first-order valence-electron chi connectivity index (χ1n) is 5.15. The molecule has 3 atom stereocenters. The van der Waals surface area contributed by atoms with E-state index in [0.717, 1.165) is 23.3 Å². The van der Waals surface area contributed by atoms with Crippen LogP contribution in [-0.2, 0) is 0 Å². The van der Waals surface area contributed by atoms with E-state index in [-0.39, 0.29) is 5.92 Å². The van der Waals surface area contributed by atoms with Crippen LogP contribution in [0.2, 0.25) is 0 Å². The molecule has 0 radical (unpaired) electrons. The average Bonchev–Trinajstić information content (AvgIpc) is 2.24. The molecule has 2 aliphatic rings. The third-order valence-electron chi connectivity index (χ3n) is 4.39. The quantitative estimate of drug-likeness (QED) is 0.475. The normalized spacial score (nSPS) is 48.8. The lowest BCUT2D eigenvalue weighted by Gasteiger charge is -2.43. The molecular formula is C10H18N2O2. The average molecular weight is 198 g/mol. The van der Waals surface area contributed by atoms with Gasteiger partial charge in [0.25, 0.3) is 5.66 Å². The molecule has 4 nitrogen and oxygen atoms in total. The zero-order valence-corrected chi connectivity index (χ0v) is 9.24. The van der Waals surface area contributed by atoms with Gasteiger partial charge in [0.15, 0.2) is 5.71 Å². The van der Waals surface area contributed by atoms with Gasteiger partial charge in [0.05, 0.1) is 0 Å². The molecule has 2 bridgehead atoms. The van der Waals surface area contributed by atoms with E-state index in [1.807, 2.05) is 27.7 Å². The number of hydrogen-bond acceptors (Lipinski definition) is 3. The van der Waals surface area contributed by atoms with Crippen LogP contribution in [0.4, 0.5) is 0 Å². The first-order valence-corrected chi connectivity index (χ1v) is 5.15. The molecule has 0 aromatic carbocycles. The maximum Gasteiger partial charge on any atom is 0.250 e. The second kappa shape index (κ2) is 2.49. The molecule has 1 N–H and O–H groups in total. The summed E-state index contributed by atoms with van der Waals surface area (Å²) in [6, 6.07) is 0. The van der Waals surface area contributed by atoms with Crippen molar-refractivity contribution in [2.24, 2.45) is 5.92 Å². The van der Waals surface area contributed by atoms with Gasteiger partial charge in [0.2, 0.25) is 0 Å². The number of nitrogens with zero attached hydrogens (tertiary/aromatic N) is 2. The minimum Gasteiger partial charge on any atom is -0.622 e. The fraction of sp³-hybridized carbons (Fsp3) is 0.900. The Labute approximate surface area is 84.4 Å². The van der Waals surface area contributed by atoms with Gasteiger partial charge in [-0.05, 0) is 19.8 Å². The summed E-state index contributed by atoms with van der Waals surface area (Å²) < 4.78 is 0.991. The highest BCUT2D eigenvalue weighted by Crippen LogP contribution is 2.46. The van der Waals surface area contributed by atoms with Crippen molar-refractivity contribution in [1.82, 2.24) is 5.06 Å². The van der Waals surface area contributed by atoms with Crippen molar-refractivity contribution in [2.45, 2.75) is 51.7 Å². The highest BCUT2D eigenvalue weighted by Gasteiger charge is 2.64. The van der Waals surface area contributed by atoms with E-state index in [1.54, 1.807) is 0 Å². The fourth-order valence-electron chi connectivity index (χ4n) is 2.76. The summed E-state index contributed by atoms with van der Waals surface area (Å²) in [5.41, 5.74) is -0.494. The first kappa shape index (κ1) is 9.93. The highest BCUT2D eigenvalue weighted by molar-refractivity contribution is 5.88. The first-order chi connectivity index (χ1) is 6.35. The van der Waals surface area contributed by atoms with Crippen molar-refractivity contribution in [1.29, 1.82) is 0 Å². The van der Waals surface area contributed by atoms with E-state index < -0.39 is 11.2 Å². The zero-order valence-electron chi connectivity index (χ0n) is 9.24. The number of hydroxylamine groups is 3. The molecule has 0 aromatic heterocycles. The van der Waals surface area contributed by atoms with Crippen LogP contribution in [0.3, 0.4) is 0 Å². The van der Waals surface area contributed by atoms with Crippen LogP contribution in [0.15, 0.2) is 0 Å². The topological polar surface area (TPSA) is 49.5 Å². The van der Waals surface area contributed by atoms with E-state index >= 15 is 0 Å². The smallest absolute Gasteiger partial charge is 0.250 e. The molecule has 14 heavy (non-hydrogen) atoms. The van der Waals surface area contributed by atoms with Crippen LogP contribution >= 0.6 is 0 Å². The standard InChI is InChI=1S/C10H18N2O2/c1-7-5-6-9(3)8(2)11(13)10(7,4)12(9)14/h7,14H,5-6H2,1-4H3. The molecule has 0 spiro atoms. The lowest BCUT2D eigenvalue weighted by molar-refractivity contribution is -0.601. The van der Waals surface area contributed by atoms with Crippen molar-refractivity contribution in [3.8, 4) is 0 Å². The Hall–Kier alpha value is -0.610. The Kier molecular flexibility index (Phi) is 1.77. The van der Waals surface area contributed by atoms with Gasteiger partial charge in [0.1, 0.15) is 5.54 Å². The van der Waals surface area contributed by atoms with E-state index in [4.69, 9.17) is 0 Å². The summed E-state index contributed by atoms with van der Waals surface area (Å²) >= 11 is 0. The maximum absolute atomic E-state index is 12.0. The van der Waals surface area contributed by atoms with Gasteiger partial charge >= 0.3 is 0 Å². The highest BCUT2D eigenvalue weighted by atomic mass is 16.6. The van der Waals surface area contributed by atoms with Crippen LogP contribution in [0.25, 0.3) is 0 Å². The van der Waals surface area contributed by atoms with Crippen LogP contribution in [0, 0.1) is 11.1 Å². The largest absolute Gasteiger partial charge is 0.622 e. The summed E-state index contributed by atoms with van der Waals surface area (Å²) in [5, 5.41) is 23.4. The summed E-state index contributed by atoms with van der Waals surface area (Å²) in [6.45, 7) is 7.59. The van der Waals surface area contributed by atoms with E-state index in [9.17, 15) is 10.4 Å². The molecule has 2 aliphatic heterocycles. The van der Waals surface area contributed by atoms with E-state index in [2.05, 4.69) is 0 Å². The monoisotopic (exact) mass is 198 g/mol. The van der Waals surface area contributed by atoms with Crippen LogP contribution in [0.5, 0.6) is 0 Å². The number of piperidine rings is 1. The summed E-state index contributed by atoms with van der Waals surface area (Å²) in [6.07, 6.45) is 1.84. The molecule has 2 rings (SSSR count). The Morgan fingerprint density at radius 2 is 2.14 bits per heavy atom. The minimum atomic E-state index is -0.767. The number of fused-ring (bicyclic) bond motifs is 2. The number of rotatable bonds is 0. The SMILES string of the molecule is CC1=[N+]([O-])C2(C)C(C)CCC1(C)N2O. The zero-order chi connectivity index (χ0) is 10.7. The molecule has 4 heteroatoms. The van der Waals surface area contributed by atoms with Crippen molar-refractivity contribution >= 4 is 5.71 Å². The Morgan fingerprint density at radius 1 is 1.57 bits per heavy atom. The molecule has 1 saturated heterocycles. The molecule has 0 aliphatic carbocycles. The van der Waals surface area contributed by atoms with E-state index in [1.165, 1.54) is 5.06 Å². The minimum absolute atomic E-state index is 0.190. The van der Waals surface area contributed by atoms with Crippen molar-refractivity contribution < 1.29 is 9.95 Å². The van der Waals surface area contributed by atoms with Gasteiger partial charge in [0, 0.05) is 19.8 Å². The third-order valence-corrected chi connectivity index (χ3v) is 4.39. The van der Waals surface area contributed by atoms with Gasteiger partial charge in [-0.3, -0.25) is 0 Å². The van der Waals surface area contributed by atoms with E-state index in [0.29, 0.717) is 0 Å². The third kappa shape index (κ3) is 0.792. The van der Waals surface area contributed by atoms with Crippen LogP contribution in [0.1, 0.15) is 40.5 Å². The predicted octanol–water partition coefficient (Wildman–Crippen LogP) is 1.57. The molecule has 1 fully saturated rings. The van der Waals surface area contributed by atoms with Gasteiger partial charge in [-0.15, -0.1) is 5.06 Å². The van der Waals surface area contributed by atoms with Gasteiger partial charge in [-0.2, -0.15) is 4.74 Å². The predicted molar refractivity (Wildman–Crippen MR) is 53.1 cm³/mol. The number of hydrogen-bond donors (Lipinski definition) is 1. The molecule has 0 aromatic rings. The molecule has 0 amide bonds. The summed E-state index contributed by atoms with van der Waals surface area (Å²) in [5.74, 6) is 0.190. The lowest BCUT2D eigenvalue weighted by atomic mass is 9.79. The molecule has 3 unspecified atom stereocenters. The lowest BCUT2D eigenvalue weighted by Crippen LogP contribution is -2.60. The Morgan fingerprint density at radius 3 is 2.64 bits per heavy atom. The molecule has 0 saturated carbocycles. The molecule has 80 valence electrons. The molecule has 2 heterocycles. The second-order valence-electron chi connectivity index (χ2n) is 5.00. The van der Waals surface area contributed by atoms with Crippen molar-refractivity contribution in [3.63, 3.8) is 0 Å². The summed E-state index contributed by atoms with van der Waals surface area (Å²) in [7, 11) is 0. The van der Waals surface area contributed by atoms with Crippen LogP contribution < -0.4 is 0 Å². The van der Waals surface area contributed by atoms with Crippen molar-refractivity contribution in [3.05, 3.63) is 5.21 Å². The Bertz CT molecular complexity index is 315. The van der Waals surface area contributed by atoms with Crippen LogP contribution in [-0.4, -0.2) is 31.9 Å². The molecular weight excluding hydrogens is 180 g/mol. The fourth-order valence-corrected chi connectivity index (χ4v) is 2.76.